The third-order valence-corrected chi connectivity index (χ3v) is 8.29. The first-order chi connectivity index (χ1) is 16.8. The summed E-state index contributed by atoms with van der Waals surface area (Å²) in [5, 5.41) is 10.4. The predicted octanol–water partition coefficient (Wildman–Crippen LogP) is 3.18. The number of fused-ring (bicyclic) bond motifs is 1. The second kappa shape index (κ2) is 8.63. The van der Waals surface area contributed by atoms with Crippen LogP contribution in [0.4, 0.5) is 0 Å². The van der Waals surface area contributed by atoms with Crippen molar-refractivity contribution in [3.63, 3.8) is 0 Å². The van der Waals surface area contributed by atoms with Crippen molar-refractivity contribution in [1.29, 1.82) is 5.26 Å². The van der Waals surface area contributed by atoms with Gasteiger partial charge in [0.1, 0.15) is 5.75 Å². The summed E-state index contributed by atoms with van der Waals surface area (Å²) in [5.74, 6) is 0.491. The van der Waals surface area contributed by atoms with Gasteiger partial charge in [-0.2, -0.15) is 9.57 Å². The lowest BCUT2D eigenvalue weighted by atomic mass is 9.91. The number of sulfonamides is 1. The number of hydrogen-bond donors (Lipinski definition) is 0. The Hall–Kier alpha value is -3.48. The SMILES string of the molecule is COc1ccc2c(-c3ccc(C4(C#N)CC4)cc3)c(C(=O)N3CCN(S(C)(=O)=O)CC3)cnc2c1. The number of rotatable bonds is 5. The Morgan fingerprint density at radius 3 is 2.34 bits per heavy atom. The third kappa shape index (κ3) is 4.24. The number of amides is 1. The lowest BCUT2D eigenvalue weighted by Crippen LogP contribution is -2.50. The van der Waals surface area contributed by atoms with Crippen molar-refractivity contribution in [2.24, 2.45) is 0 Å². The van der Waals surface area contributed by atoms with Gasteiger partial charge >= 0.3 is 0 Å². The second-order valence-corrected chi connectivity index (χ2v) is 11.1. The standard InChI is InChI=1S/C26H26N4O4S/c1-34-20-7-8-21-23(15-20)28-16-22(25(31)29-11-13-30(14-12-29)35(2,32)33)24(21)18-3-5-19(6-4-18)26(17-27)9-10-26/h3-8,15-16H,9-14H2,1-2H3. The van der Waals surface area contributed by atoms with E-state index in [9.17, 15) is 18.5 Å². The molecule has 0 N–H and O–H groups in total. The number of ether oxygens (including phenoxy) is 1. The molecular weight excluding hydrogens is 464 g/mol. The molecule has 0 radical (unpaired) electrons. The van der Waals surface area contributed by atoms with Gasteiger partial charge in [-0.3, -0.25) is 9.78 Å². The van der Waals surface area contributed by atoms with Crippen LogP contribution in [-0.2, 0) is 15.4 Å². The molecule has 2 fully saturated rings. The Kier molecular flexibility index (Phi) is 5.74. The summed E-state index contributed by atoms with van der Waals surface area (Å²) in [6.45, 7) is 1.16. The fraction of sp³-hybridized carbons (Fsp3) is 0.346. The van der Waals surface area contributed by atoms with Gasteiger partial charge in [0.2, 0.25) is 10.0 Å². The lowest BCUT2D eigenvalue weighted by molar-refractivity contribution is 0.0699. The number of pyridine rings is 1. The molecule has 5 rings (SSSR count). The first-order valence-electron chi connectivity index (χ1n) is 11.5. The Labute approximate surface area is 204 Å². The van der Waals surface area contributed by atoms with Crippen LogP contribution in [0.1, 0.15) is 28.8 Å². The molecular formula is C26H26N4O4S. The quantitative estimate of drug-likeness (QED) is 0.544. The van der Waals surface area contributed by atoms with Gasteiger partial charge < -0.3 is 9.64 Å². The van der Waals surface area contributed by atoms with E-state index in [0.717, 1.165) is 34.9 Å². The molecule has 1 aliphatic carbocycles. The molecule has 1 amide bonds. The Morgan fingerprint density at radius 2 is 1.77 bits per heavy atom. The molecule has 3 aromatic rings. The minimum Gasteiger partial charge on any atom is -0.497 e. The van der Waals surface area contributed by atoms with Crippen LogP contribution in [0.2, 0.25) is 0 Å². The highest BCUT2D eigenvalue weighted by Gasteiger charge is 2.44. The van der Waals surface area contributed by atoms with E-state index >= 15 is 0 Å². The van der Waals surface area contributed by atoms with Gasteiger partial charge in [0.15, 0.2) is 0 Å². The van der Waals surface area contributed by atoms with Gasteiger partial charge in [0.05, 0.1) is 35.9 Å². The molecule has 35 heavy (non-hydrogen) atoms. The molecule has 8 nitrogen and oxygen atoms in total. The fourth-order valence-corrected chi connectivity index (χ4v) is 5.54. The summed E-state index contributed by atoms with van der Waals surface area (Å²) in [6, 6.07) is 15.9. The molecule has 1 saturated heterocycles. The molecule has 1 aromatic heterocycles. The number of piperazine rings is 1. The first-order valence-corrected chi connectivity index (χ1v) is 13.3. The zero-order valence-electron chi connectivity index (χ0n) is 19.7. The zero-order chi connectivity index (χ0) is 24.8. The topological polar surface area (TPSA) is 104 Å². The van der Waals surface area contributed by atoms with Gasteiger partial charge in [-0.05, 0) is 36.1 Å². The number of nitriles is 1. The summed E-state index contributed by atoms with van der Waals surface area (Å²) < 4.78 is 30.5. The monoisotopic (exact) mass is 490 g/mol. The molecule has 0 bridgehead atoms. The Balaban J connectivity index is 1.56. The third-order valence-electron chi connectivity index (χ3n) is 6.99. The summed E-state index contributed by atoms with van der Waals surface area (Å²) in [5.41, 5.74) is 3.40. The van der Waals surface area contributed by atoms with Crippen molar-refractivity contribution in [3.8, 4) is 22.9 Å². The van der Waals surface area contributed by atoms with Crippen molar-refractivity contribution < 1.29 is 17.9 Å². The van der Waals surface area contributed by atoms with Gasteiger partial charge in [0.25, 0.3) is 5.91 Å². The van der Waals surface area contributed by atoms with Crippen LogP contribution in [0.5, 0.6) is 5.75 Å². The fourth-order valence-electron chi connectivity index (χ4n) is 4.71. The molecule has 180 valence electrons. The molecule has 2 aliphatic rings. The highest BCUT2D eigenvalue weighted by Crippen LogP contribution is 2.48. The molecule has 0 unspecified atom stereocenters. The van der Waals surface area contributed by atoms with E-state index in [4.69, 9.17) is 4.74 Å². The van der Waals surface area contributed by atoms with Crippen LogP contribution in [0.3, 0.4) is 0 Å². The molecule has 0 atom stereocenters. The van der Waals surface area contributed by atoms with Gasteiger partial charge in [0, 0.05) is 49.4 Å². The summed E-state index contributed by atoms with van der Waals surface area (Å²) in [6.07, 6.45) is 4.51. The second-order valence-electron chi connectivity index (χ2n) is 9.16. The lowest BCUT2D eigenvalue weighted by Gasteiger charge is -2.33. The van der Waals surface area contributed by atoms with E-state index in [1.54, 1.807) is 18.2 Å². The zero-order valence-corrected chi connectivity index (χ0v) is 20.5. The van der Waals surface area contributed by atoms with E-state index in [2.05, 4.69) is 11.1 Å². The number of carbonyl (C=O) groups is 1. The number of aromatic nitrogens is 1. The van der Waals surface area contributed by atoms with Crippen LogP contribution < -0.4 is 4.74 Å². The predicted molar refractivity (Wildman–Crippen MR) is 133 cm³/mol. The molecule has 1 aliphatic heterocycles. The van der Waals surface area contributed by atoms with Gasteiger partial charge in [-0.1, -0.05) is 24.3 Å². The normalized spacial score (nSPS) is 17.7. The number of nitrogens with zero attached hydrogens (tertiary/aromatic N) is 4. The largest absolute Gasteiger partial charge is 0.497 e. The van der Waals surface area contributed by atoms with E-state index < -0.39 is 10.0 Å². The van der Waals surface area contributed by atoms with E-state index in [-0.39, 0.29) is 24.4 Å². The molecule has 2 heterocycles. The highest BCUT2D eigenvalue weighted by atomic mass is 32.2. The van der Waals surface area contributed by atoms with Crippen LogP contribution in [0.15, 0.2) is 48.7 Å². The number of benzene rings is 2. The average molecular weight is 491 g/mol. The van der Waals surface area contributed by atoms with E-state index in [1.165, 1.54) is 10.6 Å². The van der Waals surface area contributed by atoms with E-state index in [1.807, 2.05) is 42.5 Å². The van der Waals surface area contributed by atoms with Crippen molar-refractivity contribution in [1.82, 2.24) is 14.2 Å². The molecule has 1 saturated carbocycles. The van der Waals surface area contributed by atoms with E-state index in [0.29, 0.717) is 29.9 Å². The van der Waals surface area contributed by atoms with Crippen LogP contribution in [-0.4, -0.2) is 68.1 Å². The van der Waals surface area contributed by atoms with Crippen molar-refractivity contribution in [2.45, 2.75) is 18.3 Å². The molecule has 2 aromatic carbocycles. The van der Waals surface area contributed by atoms with Crippen LogP contribution in [0, 0.1) is 11.3 Å². The maximum absolute atomic E-state index is 13.6. The number of carbonyl (C=O) groups excluding carboxylic acids is 1. The summed E-state index contributed by atoms with van der Waals surface area (Å²) in [4.78, 5) is 19.9. The molecule has 0 spiro atoms. The highest BCUT2D eigenvalue weighted by molar-refractivity contribution is 7.88. The van der Waals surface area contributed by atoms with Crippen molar-refractivity contribution in [2.75, 3.05) is 39.5 Å². The number of methoxy groups -OCH3 is 1. The minimum absolute atomic E-state index is 0.182. The average Bonchev–Trinajstić information content (AvgIpc) is 3.68. The Bertz CT molecular complexity index is 1450. The van der Waals surface area contributed by atoms with Gasteiger partial charge in [-0.15, -0.1) is 0 Å². The van der Waals surface area contributed by atoms with Crippen molar-refractivity contribution >= 4 is 26.8 Å². The van der Waals surface area contributed by atoms with Crippen molar-refractivity contribution in [3.05, 3.63) is 59.8 Å². The first kappa shape index (κ1) is 23.3. The Morgan fingerprint density at radius 1 is 1.09 bits per heavy atom. The van der Waals surface area contributed by atoms with Crippen LogP contribution >= 0.6 is 0 Å². The smallest absolute Gasteiger partial charge is 0.256 e. The number of hydrogen-bond acceptors (Lipinski definition) is 6. The summed E-state index contributed by atoms with van der Waals surface area (Å²) in [7, 11) is -1.70. The molecule has 9 heteroatoms. The summed E-state index contributed by atoms with van der Waals surface area (Å²) >= 11 is 0. The maximum atomic E-state index is 13.6. The maximum Gasteiger partial charge on any atom is 0.256 e. The van der Waals surface area contributed by atoms with Crippen LogP contribution in [0.25, 0.3) is 22.0 Å². The van der Waals surface area contributed by atoms with Gasteiger partial charge in [-0.25, -0.2) is 8.42 Å². The minimum atomic E-state index is -3.29.